The minimum absolute atomic E-state index is 0.0594. The Labute approximate surface area is 145 Å². The van der Waals surface area contributed by atoms with Gasteiger partial charge in [-0.2, -0.15) is 0 Å². The van der Waals surface area contributed by atoms with Crippen molar-refractivity contribution in [3.05, 3.63) is 25.3 Å². The highest BCUT2D eigenvalue weighted by atomic mass is 16.6. The number of esters is 4. The molecule has 0 saturated heterocycles. The minimum atomic E-state index is -1.05. The monoisotopic (exact) mass is 358 g/mol. The van der Waals surface area contributed by atoms with E-state index in [1.165, 1.54) is 13.8 Å². The first kappa shape index (κ1) is 22.3. The van der Waals surface area contributed by atoms with E-state index in [0.29, 0.717) is 0 Å². The predicted molar refractivity (Wildman–Crippen MR) is 84.2 cm³/mol. The normalized spacial score (nSPS) is 12.2. The molecule has 0 aliphatic rings. The van der Waals surface area contributed by atoms with Crippen LogP contribution in [0.5, 0.6) is 0 Å². The molecular formula is C16H22O9. The molecule has 0 saturated carbocycles. The summed E-state index contributed by atoms with van der Waals surface area (Å²) < 4.78 is 24.1. The molecule has 0 spiro atoms. The van der Waals surface area contributed by atoms with E-state index in [1.807, 2.05) is 0 Å². The lowest BCUT2D eigenvalue weighted by Gasteiger charge is -2.12. The summed E-state index contributed by atoms with van der Waals surface area (Å²) in [6, 6.07) is 0. The fourth-order valence-corrected chi connectivity index (χ4v) is 1.28. The molecule has 0 rings (SSSR count). The molecule has 2 atom stereocenters. The molecule has 0 radical (unpaired) electrons. The first-order valence-electron chi connectivity index (χ1n) is 7.38. The van der Waals surface area contributed by atoms with Crippen molar-refractivity contribution in [3.8, 4) is 0 Å². The van der Waals surface area contributed by atoms with Crippen molar-refractivity contribution in [2.24, 2.45) is 0 Å². The Balaban J connectivity index is 3.73. The van der Waals surface area contributed by atoms with Gasteiger partial charge >= 0.3 is 23.9 Å². The Morgan fingerprint density at radius 3 is 1.44 bits per heavy atom. The highest BCUT2D eigenvalue weighted by Crippen LogP contribution is 1.97. The first-order chi connectivity index (χ1) is 11.8. The van der Waals surface area contributed by atoms with Crippen molar-refractivity contribution < 1.29 is 42.9 Å². The van der Waals surface area contributed by atoms with Crippen LogP contribution >= 0.6 is 0 Å². The van der Waals surface area contributed by atoms with Crippen molar-refractivity contribution in [2.75, 3.05) is 26.4 Å². The molecule has 0 fully saturated rings. The summed E-state index contributed by atoms with van der Waals surface area (Å²) in [6.07, 6.45) is -0.224. The maximum absolute atomic E-state index is 11.5. The smallest absolute Gasteiger partial charge is 0.347 e. The van der Waals surface area contributed by atoms with Gasteiger partial charge in [-0.3, -0.25) is 0 Å². The Morgan fingerprint density at radius 1 is 0.760 bits per heavy atom. The van der Waals surface area contributed by atoms with Gasteiger partial charge in [0, 0.05) is 12.2 Å². The lowest BCUT2D eigenvalue weighted by molar-refractivity contribution is -0.166. The van der Waals surface area contributed by atoms with Gasteiger partial charge in [-0.05, 0) is 13.8 Å². The van der Waals surface area contributed by atoms with Crippen molar-refractivity contribution >= 4 is 23.9 Å². The molecule has 0 amide bonds. The molecular weight excluding hydrogens is 336 g/mol. The third-order valence-corrected chi connectivity index (χ3v) is 2.53. The summed E-state index contributed by atoms with van der Waals surface area (Å²) in [5.41, 5.74) is 0. The molecule has 0 aromatic heterocycles. The summed E-state index contributed by atoms with van der Waals surface area (Å²) in [5, 5.41) is 0. The molecule has 25 heavy (non-hydrogen) atoms. The second-order valence-electron chi connectivity index (χ2n) is 4.51. The molecule has 0 N–H and O–H groups in total. The van der Waals surface area contributed by atoms with Crippen molar-refractivity contribution in [3.63, 3.8) is 0 Å². The van der Waals surface area contributed by atoms with Crippen LogP contribution in [0.1, 0.15) is 13.8 Å². The molecule has 0 heterocycles. The average Bonchev–Trinajstić information content (AvgIpc) is 2.59. The van der Waals surface area contributed by atoms with E-state index in [1.54, 1.807) is 0 Å². The van der Waals surface area contributed by atoms with Gasteiger partial charge in [0.2, 0.25) is 0 Å². The Morgan fingerprint density at radius 2 is 1.12 bits per heavy atom. The summed E-state index contributed by atoms with van der Waals surface area (Å²) in [5.74, 6) is -2.89. The van der Waals surface area contributed by atoms with E-state index < -0.39 is 36.1 Å². The van der Waals surface area contributed by atoms with Crippen LogP contribution in [0.15, 0.2) is 25.3 Å². The predicted octanol–water partition coefficient (Wildman–Crippen LogP) is 0.325. The van der Waals surface area contributed by atoms with Crippen LogP contribution in [0.4, 0.5) is 0 Å². The standard InChI is InChI=1S/C16H22O9/c1-5-13(17)24-11(3)15(19)22-9-7-21-8-10-23-16(20)12(4)25-14(18)6-2/h5-6,11-12H,1-2,7-10H2,3-4H3. The van der Waals surface area contributed by atoms with Gasteiger partial charge in [-0.1, -0.05) is 13.2 Å². The molecule has 0 aliphatic heterocycles. The van der Waals surface area contributed by atoms with Gasteiger partial charge in [0.25, 0.3) is 0 Å². The zero-order chi connectivity index (χ0) is 19.2. The molecule has 0 aliphatic carbocycles. The zero-order valence-electron chi connectivity index (χ0n) is 14.2. The quantitative estimate of drug-likeness (QED) is 0.211. The SMILES string of the molecule is C=CC(=O)OC(C)C(=O)OCCOCCOC(=O)C(C)OC(=O)C=C. The lowest BCUT2D eigenvalue weighted by Crippen LogP contribution is -2.27. The van der Waals surface area contributed by atoms with E-state index in [9.17, 15) is 19.2 Å². The van der Waals surface area contributed by atoms with Crippen molar-refractivity contribution in [2.45, 2.75) is 26.1 Å². The number of carbonyl (C=O) groups is 4. The number of hydrogen-bond acceptors (Lipinski definition) is 9. The highest BCUT2D eigenvalue weighted by molar-refractivity contribution is 5.85. The molecule has 9 heteroatoms. The van der Waals surface area contributed by atoms with Gasteiger partial charge in [-0.25, -0.2) is 19.2 Å². The molecule has 0 aromatic carbocycles. The highest BCUT2D eigenvalue weighted by Gasteiger charge is 2.18. The van der Waals surface area contributed by atoms with E-state index in [0.717, 1.165) is 12.2 Å². The minimum Gasteiger partial charge on any atom is -0.461 e. The second kappa shape index (κ2) is 12.7. The van der Waals surface area contributed by atoms with Gasteiger partial charge < -0.3 is 23.7 Å². The molecule has 9 nitrogen and oxygen atoms in total. The van der Waals surface area contributed by atoms with Crippen LogP contribution in [0.3, 0.4) is 0 Å². The van der Waals surface area contributed by atoms with E-state index in [2.05, 4.69) is 22.6 Å². The van der Waals surface area contributed by atoms with Crippen LogP contribution in [0.2, 0.25) is 0 Å². The number of ether oxygens (including phenoxy) is 5. The fraction of sp³-hybridized carbons (Fsp3) is 0.500. The van der Waals surface area contributed by atoms with Crippen LogP contribution in [0.25, 0.3) is 0 Å². The molecule has 0 aromatic rings. The topological polar surface area (TPSA) is 114 Å². The fourth-order valence-electron chi connectivity index (χ4n) is 1.28. The van der Waals surface area contributed by atoms with Crippen molar-refractivity contribution in [1.29, 1.82) is 0 Å². The third-order valence-electron chi connectivity index (χ3n) is 2.53. The van der Waals surface area contributed by atoms with E-state index >= 15 is 0 Å². The third kappa shape index (κ3) is 10.7. The van der Waals surface area contributed by atoms with Gasteiger partial charge in [0.1, 0.15) is 13.2 Å². The van der Waals surface area contributed by atoms with Gasteiger partial charge in [0.15, 0.2) is 12.2 Å². The average molecular weight is 358 g/mol. The van der Waals surface area contributed by atoms with Crippen molar-refractivity contribution in [1.82, 2.24) is 0 Å². The van der Waals surface area contributed by atoms with Crippen LogP contribution in [-0.4, -0.2) is 62.5 Å². The van der Waals surface area contributed by atoms with Crippen LogP contribution < -0.4 is 0 Å². The van der Waals surface area contributed by atoms with Gasteiger partial charge in [0.05, 0.1) is 13.2 Å². The summed E-state index contributed by atoms with van der Waals surface area (Å²) >= 11 is 0. The summed E-state index contributed by atoms with van der Waals surface area (Å²) in [4.78, 5) is 44.7. The summed E-state index contributed by atoms with van der Waals surface area (Å²) in [7, 11) is 0. The first-order valence-corrected chi connectivity index (χ1v) is 7.38. The van der Waals surface area contributed by atoms with E-state index in [4.69, 9.17) is 14.2 Å². The van der Waals surface area contributed by atoms with Crippen LogP contribution in [-0.2, 0) is 42.9 Å². The Hall–Kier alpha value is -2.68. The number of rotatable bonds is 12. The Kier molecular flexibility index (Phi) is 11.3. The molecule has 0 bridgehead atoms. The second-order valence-corrected chi connectivity index (χ2v) is 4.51. The lowest BCUT2D eigenvalue weighted by atomic mass is 10.4. The maximum atomic E-state index is 11.5. The van der Waals surface area contributed by atoms with E-state index in [-0.39, 0.29) is 26.4 Å². The maximum Gasteiger partial charge on any atom is 0.347 e. The zero-order valence-corrected chi connectivity index (χ0v) is 14.2. The van der Waals surface area contributed by atoms with Gasteiger partial charge in [-0.15, -0.1) is 0 Å². The Bertz CT molecular complexity index is 454. The molecule has 140 valence electrons. The number of hydrogen-bond donors (Lipinski definition) is 0. The largest absolute Gasteiger partial charge is 0.461 e. The number of carbonyl (C=O) groups excluding carboxylic acids is 4. The van der Waals surface area contributed by atoms with Crippen LogP contribution in [0, 0.1) is 0 Å². The summed E-state index contributed by atoms with van der Waals surface area (Å²) in [6.45, 7) is 9.15. The molecule has 2 unspecified atom stereocenters.